The van der Waals surface area contributed by atoms with Gasteiger partial charge < -0.3 is 9.51 Å². The number of rotatable bonds is 4. The van der Waals surface area contributed by atoms with Gasteiger partial charge in [0.1, 0.15) is 11.1 Å². The molecule has 0 radical (unpaired) electrons. The highest BCUT2D eigenvalue weighted by Gasteiger charge is 2.66. The molecule has 152 valence electrons. The highest BCUT2D eigenvalue weighted by atomic mass is 19.4. The van der Waals surface area contributed by atoms with Gasteiger partial charge in [0.15, 0.2) is 0 Å². The van der Waals surface area contributed by atoms with E-state index in [1.54, 1.807) is 0 Å². The normalized spacial score (nSPS) is 21.8. The molecular formula is C19H19F5N2O2. The molecule has 0 aromatic carbocycles. The van der Waals surface area contributed by atoms with Crippen molar-refractivity contribution in [3.05, 3.63) is 35.3 Å². The number of aromatic nitrogens is 2. The minimum Gasteiger partial charge on any atom is -0.478 e. The number of carbonyl (C=O) groups is 1. The predicted molar refractivity (Wildman–Crippen MR) is 89.7 cm³/mol. The van der Waals surface area contributed by atoms with Crippen molar-refractivity contribution in [2.24, 2.45) is 5.92 Å². The van der Waals surface area contributed by atoms with E-state index >= 15 is 0 Å². The summed E-state index contributed by atoms with van der Waals surface area (Å²) in [7, 11) is 0. The molecule has 2 heterocycles. The van der Waals surface area contributed by atoms with Crippen molar-refractivity contribution in [2.75, 3.05) is 0 Å². The zero-order valence-corrected chi connectivity index (χ0v) is 14.9. The van der Waals surface area contributed by atoms with Gasteiger partial charge in [-0.25, -0.2) is 18.6 Å². The number of alkyl halides is 5. The largest absolute Gasteiger partial charge is 0.478 e. The zero-order valence-electron chi connectivity index (χ0n) is 14.9. The van der Waals surface area contributed by atoms with Gasteiger partial charge >= 0.3 is 12.1 Å². The van der Waals surface area contributed by atoms with Gasteiger partial charge in [-0.3, -0.25) is 0 Å². The summed E-state index contributed by atoms with van der Waals surface area (Å²) in [5, 5.41) is 9.14. The number of nitrogens with zero attached hydrogens (tertiary/aromatic N) is 2. The number of carboxylic acid groups (broad SMARTS) is 1. The predicted octanol–water partition coefficient (Wildman–Crippen LogP) is 4.99. The SMILES string of the molecule is O=C(O)c1ccn2c(CC3CCC(F)(F)CC3)c(C3(C(F)(F)F)CC3)nc2c1. The first kappa shape index (κ1) is 19.1. The van der Waals surface area contributed by atoms with Crippen molar-refractivity contribution in [1.82, 2.24) is 9.38 Å². The first-order valence-corrected chi connectivity index (χ1v) is 9.22. The molecule has 9 heteroatoms. The number of pyridine rings is 1. The first-order valence-electron chi connectivity index (χ1n) is 9.22. The van der Waals surface area contributed by atoms with E-state index in [1.165, 1.54) is 22.7 Å². The smallest absolute Gasteiger partial charge is 0.400 e. The van der Waals surface area contributed by atoms with Gasteiger partial charge in [0, 0.05) is 24.7 Å². The summed E-state index contributed by atoms with van der Waals surface area (Å²) in [5.41, 5.74) is -1.67. The molecule has 2 aliphatic rings. The third-order valence-corrected chi connectivity index (χ3v) is 6.04. The van der Waals surface area contributed by atoms with Crippen LogP contribution in [-0.4, -0.2) is 32.6 Å². The molecule has 2 fully saturated rings. The minimum atomic E-state index is -4.46. The lowest BCUT2D eigenvalue weighted by molar-refractivity contribution is -0.161. The van der Waals surface area contributed by atoms with Crippen LogP contribution in [0.15, 0.2) is 18.3 Å². The van der Waals surface area contributed by atoms with E-state index in [4.69, 9.17) is 5.11 Å². The van der Waals surface area contributed by atoms with Crippen LogP contribution in [0.4, 0.5) is 22.0 Å². The molecule has 2 aromatic heterocycles. The maximum Gasteiger partial charge on any atom is 0.400 e. The third kappa shape index (κ3) is 3.14. The van der Waals surface area contributed by atoms with Crippen molar-refractivity contribution in [3.8, 4) is 0 Å². The molecular weight excluding hydrogens is 383 g/mol. The van der Waals surface area contributed by atoms with Gasteiger partial charge in [-0.2, -0.15) is 13.2 Å². The average Bonchev–Trinajstić information content (AvgIpc) is 3.35. The van der Waals surface area contributed by atoms with Gasteiger partial charge in [-0.05, 0) is 50.2 Å². The highest BCUT2D eigenvalue weighted by Crippen LogP contribution is 2.59. The van der Waals surface area contributed by atoms with Crippen LogP contribution in [0.5, 0.6) is 0 Å². The molecule has 4 nitrogen and oxygen atoms in total. The Hall–Kier alpha value is -2.19. The Morgan fingerprint density at radius 3 is 2.39 bits per heavy atom. The fourth-order valence-corrected chi connectivity index (χ4v) is 4.16. The van der Waals surface area contributed by atoms with E-state index in [-0.39, 0.29) is 67.8 Å². The van der Waals surface area contributed by atoms with Gasteiger partial charge in [0.2, 0.25) is 5.92 Å². The maximum absolute atomic E-state index is 13.7. The fraction of sp³-hybridized carbons (Fsp3) is 0.579. The molecule has 0 unspecified atom stereocenters. The van der Waals surface area contributed by atoms with Gasteiger partial charge in [0.05, 0.1) is 11.3 Å². The lowest BCUT2D eigenvalue weighted by Crippen LogP contribution is -2.31. The van der Waals surface area contributed by atoms with Crippen molar-refractivity contribution < 1.29 is 31.9 Å². The molecule has 0 atom stereocenters. The standard InChI is InChI=1S/C19H19F5N2O2/c20-18(21)4-1-11(2-5-18)9-13-15(17(6-7-17)19(22,23)24)25-14-10-12(16(27)28)3-8-26(13)14/h3,8,10-11H,1-2,4-7,9H2,(H,27,28). The Balaban J connectivity index is 1.76. The van der Waals surface area contributed by atoms with Crippen LogP contribution in [0.2, 0.25) is 0 Å². The number of aromatic carboxylic acids is 1. The van der Waals surface area contributed by atoms with E-state index in [2.05, 4.69) is 4.98 Å². The van der Waals surface area contributed by atoms with Gasteiger partial charge in [-0.15, -0.1) is 0 Å². The fourth-order valence-electron chi connectivity index (χ4n) is 4.16. The second-order valence-corrected chi connectivity index (χ2v) is 7.94. The molecule has 0 saturated heterocycles. The number of carboxylic acids is 1. The molecule has 0 bridgehead atoms. The van der Waals surface area contributed by atoms with Crippen molar-refractivity contribution in [3.63, 3.8) is 0 Å². The quantitative estimate of drug-likeness (QED) is 0.733. The van der Waals surface area contributed by atoms with Crippen molar-refractivity contribution >= 4 is 11.6 Å². The van der Waals surface area contributed by atoms with E-state index < -0.39 is 23.5 Å². The topological polar surface area (TPSA) is 54.6 Å². The molecule has 4 rings (SSSR count). The van der Waals surface area contributed by atoms with E-state index in [9.17, 15) is 26.7 Å². The lowest BCUT2D eigenvalue weighted by atomic mass is 9.83. The maximum atomic E-state index is 13.7. The lowest BCUT2D eigenvalue weighted by Gasteiger charge is -2.29. The molecule has 2 aromatic rings. The highest BCUT2D eigenvalue weighted by molar-refractivity contribution is 5.88. The van der Waals surface area contributed by atoms with Crippen molar-refractivity contribution in [2.45, 2.75) is 62.5 Å². The van der Waals surface area contributed by atoms with Crippen LogP contribution in [-0.2, 0) is 11.8 Å². The van der Waals surface area contributed by atoms with E-state index in [1.807, 2.05) is 0 Å². The van der Waals surface area contributed by atoms with Crippen molar-refractivity contribution in [1.29, 1.82) is 0 Å². The second kappa shape index (κ2) is 6.15. The number of fused-ring (bicyclic) bond motifs is 1. The third-order valence-electron chi connectivity index (χ3n) is 6.04. The summed E-state index contributed by atoms with van der Waals surface area (Å²) in [6.45, 7) is 0. The van der Waals surface area contributed by atoms with Crippen LogP contribution in [0, 0.1) is 5.92 Å². The average molecular weight is 402 g/mol. The van der Waals surface area contributed by atoms with E-state index in [0.717, 1.165) is 0 Å². The molecule has 0 amide bonds. The number of hydrogen-bond donors (Lipinski definition) is 1. The summed E-state index contributed by atoms with van der Waals surface area (Å²) >= 11 is 0. The second-order valence-electron chi connectivity index (χ2n) is 7.94. The number of hydrogen-bond acceptors (Lipinski definition) is 2. The molecule has 0 spiro atoms. The molecule has 1 N–H and O–H groups in total. The zero-order chi connectivity index (χ0) is 20.3. The number of imidazole rings is 1. The molecule has 28 heavy (non-hydrogen) atoms. The Labute approximate surface area is 157 Å². The minimum absolute atomic E-state index is 0.0650. The Kier molecular flexibility index (Phi) is 4.21. The summed E-state index contributed by atoms with van der Waals surface area (Å²) in [6, 6.07) is 2.56. The summed E-state index contributed by atoms with van der Waals surface area (Å²) in [5.74, 6) is -4.06. The Morgan fingerprint density at radius 1 is 1.21 bits per heavy atom. The Morgan fingerprint density at radius 2 is 1.86 bits per heavy atom. The summed E-state index contributed by atoms with van der Waals surface area (Å²) < 4.78 is 69.6. The van der Waals surface area contributed by atoms with Gasteiger partial charge in [0.25, 0.3) is 0 Å². The van der Waals surface area contributed by atoms with Crippen LogP contribution < -0.4 is 0 Å². The monoisotopic (exact) mass is 402 g/mol. The van der Waals surface area contributed by atoms with E-state index in [0.29, 0.717) is 5.69 Å². The summed E-state index contributed by atoms with van der Waals surface area (Å²) in [6.07, 6.45) is -3.02. The van der Waals surface area contributed by atoms with Crippen LogP contribution >= 0.6 is 0 Å². The van der Waals surface area contributed by atoms with Crippen LogP contribution in [0.1, 0.15) is 60.3 Å². The number of halogens is 5. The van der Waals surface area contributed by atoms with Crippen LogP contribution in [0.3, 0.4) is 0 Å². The summed E-state index contributed by atoms with van der Waals surface area (Å²) in [4.78, 5) is 15.4. The molecule has 2 aliphatic carbocycles. The first-order chi connectivity index (χ1) is 13.0. The molecule has 0 aliphatic heterocycles. The van der Waals surface area contributed by atoms with Gasteiger partial charge in [-0.1, -0.05) is 0 Å². The Bertz CT molecular complexity index is 920. The van der Waals surface area contributed by atoms with Crippen LogP contribution in [0.25, 0.3) is 5.65 Å². The molecule has 2 saturated carbocycles.